The summed E-state index contributed by atoms with van der Waals surface area (Å²) in [6.07, 6.45) is 2.60. The van der Waals surface area contributed by atoms with Gasteiger partial charge in [0.25, 0.3) is 0 Å². The number of amides is 2. The van der Waals surface area contributed by atoms with Gasteiger partial charge < -0.3 is 10.2 Å². The van der Waals surface area contributed by atoms with E-state index in [1.54, 1.807) is 0 Å². The number of piperidine rings is 1. The van der Waals surface area contributed by atoms with E-state index in [0.29, 0.717) is 18.9 Å². The first kappa shape index (κ1) is 17.3. The van der Waals surface area contributed by atoms with Crippen molar-refractivity contribution in [2.24, 2.45) is 5.92 Å². The van der Waals surface area contributed by atoms with Crippen molar-refractivity contribution < 1.29 is 13.2 Å². The SMILES string of the molecule is Cc1ccc([C@@H]2[C@H](C)CCCN2C(=O)N[C@H]2CCS(=O)(=O)C2)cc1. The van der Waals surface area contributed by atoms with Crippen LogP contribution in [0.15, 0.2) is 24.3 Å². The molecule has 2 saturated heterocycles. The highest BCUT2D eigenvalue weighted by molar-refractivity contribution is 7.91. The van der Waals surface area contributed by atoms with E-state index in [9.17, 15) is 13.2 Å². The smallest absolute Gasteiger partial charge is 0.318 e. The molecule has 1 N–H and O–H groups in total. The van der Waals surface area contributed by atoms with E-state index in [2.05, 4.69) is 43.4 Å². The molecule has 1 aromatic rings. The molecule has 0 aliphatic carbocycles. The van der Waals surface area contributed by atoms with Crippen molar-refractivity contribution in [2.75, 3.05) is 18.1 Å². The fourth-order valence-corrected chi connectivity index (χ4v) is 5.53. The number of carbonyl (C=O) groups excluding carboxylic acids is 1. The average molecular weight is 350 g/mol. The number of aryl methyl sites for hydroxylation is 1. The van der Waals surface area contributed by atoms with Crippen LogP contribution >= 0.6 is 0 Å². The zero-order valence-corrected chi connectivity index (χ0v) is 15.2. The molecule has 2 aliphatic rings. The molecule has 3 atom stereocenters. The lowest BCUT2D eigenvalue weighted by Gasteiger charge is -2.40. The van der Waals surface area contributed by atoms with Gasteiger partial charge >= 0.3 is 6.03 Å². The Kier molecular flexibility index (Phi) is 4.85. The first-order valence-electron chi connectivity index (χ1n) is 8.70. The van der Waals surface area contributed by atoms with Crippen LogP contribution in [0.25, 0.3) is 0 Å². The van der Waals surface area contributed by atoms with Crippen LogP contribution < -0.4 is 5.32 Å². The number of nitrogens with one attached hydrogen (secondary N) is 1. The van der Waals surface area contributed by atoms with Gasteiger partial charge in [-0.3, -0.25) is 0 Å². The van der Waals surface area contributed by atoms with Gasteiger partial charge in [0.15, 0.2) is 9.84 Å². The maximum absolute atomic E-state index is 12.8. The van der Waals surface area contributed by atoms with E-state index < -0.39 is 9.84 Å². The first-order valence-corrected chi connectivity index (χ1v) is 10.5. The lowest BCUT2D eigenvalue weighted by molar-refractivity contribution is 0.118. The van der Waals surface area contributed by atoms with E-state index in [1.165, 1.54) is 5.56 Å². The summed E-state index contributed by atoms with van der Waals surface area (Å²) in [5, 5.41) is 2.94. The van der Waals surface area contributed by atoms with Gasteiger partial charge in [-0.15, -0.1) is 0 Å². The molecule has 0 saturated carbocycles. The molecule has 3 rings (SSSR count). The van der Waals surface area contributed by atoms with Crippen molar-refractivity contribution in [3.05, 3.63) is 35.4 Å². The van der Waals surface area contributed by atoms with Gasteiger partial charge in [-0.1, -0.05) is 36.8 Å². The van der Waals surface area contributed by atoms with Crippen molar-refractivity contribution in [3.8, 4) is 0 Å². The lowest BCUT2D eigenvalue weighted by Crippen LogP contribution is -2.50. The molecular formula is C18H26N2O3S. The Labute approximate surface area is 144 Å². The molecule has 2 fully saturated rings. The number of hydrogen-bond acceptors (Lipinski definition) is 3. The van der Waals surface area contributed by atoms with Gasteiger partial charge in [0.1, 0.15) is 0 Å². The Morgan fingerprint density at radius 2 is 1.92 bits per heavy atom. The molecule has 6 heteroatoms. The summed E-state index contributed by atoms with van der Waals surface area (Å²) >= 11 is 0. The highest BCUT2D eigenvalue weighted by atomic mass is 32.2. The molecule has 2 aliphatic heterocycles. The quantitative estimate of drug-likeness (QED) is 0.892. The van der Waals surface area contributed by atoms with Crippen LogP contribution in [-0.2, 0) is 9.84 Å². The number of nitrogens with zero attached hydrogens (tertiary/aromatic N) is 1. The van der Waals surface area contributed by atoms with E-state index in [-0.39, 0.29) is 29.6 Å². The van der Waals surface area contributed by atoms with Crippen molar-refractivity contribution in [1.82, 2.24) is 10.2 Å². The van der Waals surface area contributed by atoms with E-state index in [0.717, 1.165) is 18.4 Å². The Morgan fingerprint density at radius 3 is 2.54 bits per heavy atom. The normalized spacial score (nSPS) is 29.4. The second-order valence-corrected chi connectivity index (χ2v) is 9.45. The lowest BCUT2D eigenvalue weighted by atomic mass is 9.86. The minimum absolute atomic E-state index is 0.0531. The topological polar surface area (TPSA) is 66.5 Å². The zero-order chi connectivity index (χ0) is 17.3. The van der Waals surface area contributed by atoms with Crippen LogP contribution in [0.2, 0.25) is 0 Å². The molecule has 0 unspecified atom stereocenters. The van der Waals surface area contributed by atoms with E-state index in [1.807, 2.05) is 4.90 Å². The molecular weight excluding hydrogens is 324 g/mol. The van der Waals surface area contributed by atoms with E-state index >= 15 is 0 Å². The molecule has 0 aromatic heterocycles. The van der Waals surface area contributed by atoms with Crippen LogP contribution in [0.4, 0.5) is 4.79 Å². The summed E-state index contributed by atoms with van der Waals surface area (Å²) in [6.45, 7) is 4.96. The van der Waals surface area contributed by atoms with E-state index in [4.69, 9.17) is 0 Å². The van der Waals surface area contributed by atoms with Crippen molar-refractivity contribution >= 4 is 15.9 Å². The number of hydrogen-bond donors (Lipinski definition) is 1. The zero-order valence-electron chi connectivity index (χ0n) is 14.4. The molecule has 24 heavy (non-hydrogen) atoms. The van der Waals surface area contributed by atoms with Crippen LogP contribution in [0, 0.1) is 12.8 Å². The predicted molar refractivity (Wildman–Crippen MR) is 94.6 cm³/mol. The molecule has 2 heterocycles. The molecule has 0 radical (unpaired) electrons. The van der Waals surface area contributed by atoms with Gasteiger partial charge in [0.05, 0.1) is 17.5 Å². The van der Waals surface area contributed by atoms with Crippen LogP contribution in [0.1, 0.15) is 43.4 Å². The van der Waals surface area contributed by atoms with Crippen molar-refractivity contribution in [3.63, 3.8) is 0 Å². The fraction of sp³-hybridized carbons (Fsp3) is 0.611. The molecule has 132 valence electrons. The third kappa shape index (κ3) is 3.74. The highest BCUT2D eigenvalue weighted by Gasteiger charge is 2.35. The third-order valence-corrected chi connectivity index (χ3v) is 6.94. The average Bonchev–Trinajstić information content (AvgIpc) is 2.87. The third-order valence-electron chi connectivity index (χ3n) is 5.17. The molecule has 2 amide bonds. The summed E-state index contributed by atoms with van der Waals surface area (Å²) in [7, 11) is -2.99. The van der Waals surface area contributed by atoms with Crippen LogP contribution in [0.5, 0.6) is 0 Å². The Morgan fingerprint density at radius 1 is 1.21 bits per heavy atom. The molecule has 0 bridgehead atoms. The summed E-state index contributed by atoms with van der Waals surface area (Å²) in [4.78, 5) is 14.7. The maximum Gasteiger partial charge on any atom is 0.318 e. The van der Waals surface area contributed by atoms with Crippen LogP contribution in [0.3, 0.4) is 0 Å². The highest BCUT2D eigenvalue weighted by Crippen LogP contribution is 2.36. The van der Waals surface area contributed by atoms with Gasteiger partial charge in [0, 0.05) is 12.6 Å². The Balaban J connectivity index is 1.76. The molecule has 1 aromatic carbocycles. The fourth-order valence-electron chi connectivity index (χ4n) is 3.85. The standard InChI is InChI=1S/C18H26N2O3S/c1-13-5-7-15(8-6-13)17-14(2)4-3-10-20(17)18(21)19-16-9-11-24(22,23)12-16/h5-8,14,16-17H,3-4,9-12H2,1-2H3,(H,19,21)/t14-,16+,17+/m1/s1. The summed E-state index contributed by atoms with van der Waals surface area (Å²) in [5.41, 5.74) is 2.36. The van der Waals surface area contributed by atoms with Gasteiger partial charge in [-0.05, 0) is 37.7 Å². The number of carbonyl (C=O) groups is 1. The van der Waals surface area contributed by atoms with Crippen molar-refractivity contribution in [1.29, 1.82) is 0 Å². The predicted octanol–water partition coefficient (Wildman–Crippen LogP) is 2.66. The summed E-state index contributed by atoms with van der Waals surface area (Å²) in [6, 6.07) is 8.03. The largest absolute Gasteiger partial charge is 0.334 e. The molecule has 0 spiro atoms. The van der Waals surface area contributed by atoms with Gasteiger partial charge in [0.2, 0.25) is 0 Å². The number of likely N-dealkylation sites (tertiary alicyclic amines) is 1. The summed E-state index contributed by atoms with van der Waals surface area (Å²) in [5.74, 6) is 0.632. The number of rotatable bonds is 2. The number of sulfone groups is 1. The van der Waals surface area contributed by atoms with Gasteiger partial charge in [-0.2, -0.15) is 0 Å². The minimum Gasteiger partial charge on any atom is -0.334 e. The summed E-state index contributed by atoms with van der Waals surface area (Å²) < 4.78 is 23.2. The Hall–Kier alpha value is -1.56. The first-order chi connectivity index (χ1) is 11.4. The minimum atomic E-state index is -2.99. The number of benzene rings is 1. The second-order valence-electron chi connectivity index (χ2n) is 7.22. The monoisotopic (exact) mass is 350 g/mol. The maximum atomic E-state index is 12.8. The van der Waals surface area contributed by atoms with Crippen LogP contribution in [-0.4, -0.2) is 43.4 Å². The Bertz CT molecular complexity index is 699. The molecule has 5 nitrogen and oxygen atoms in total. The number of urea groups is 1. The second kappa shape index (κ2) is 6.75. The van der Waals surface area contributed by atoms with Crippen molar-refractivity contribution in [2.45, 2.75) is 45.2 Å². The van der Waals surface area contributed by atoms with Gasteiger partial charge in [-0.25, -0.2) is 13.2 Å².